The van der Waals surface area contributed by atoms with Gasteiger partial charge in [0.2, 0.25) is 0 Å². The number of hydrogen-bond acceptors (Lipinski definition) is 3. The van der Waals surface area contributed by atoms with Crippen molar-refractivity contribution in [3.05, 3.63) is 102 Å². The molecule has 1 amide bonds. The quantitative estimate of drug-likeness (QED) is 0.532. The summed E-state index contributed by atoms with van der Waals surface area (Å²) in [6.07, 6.45) is 0. The Hall–Kier alpha value is -3.79. The zero-order valence-electron chi connectivity index (χ0n) is 16.0. The summed E-state index contributed by atoms with van der Waals surface area (Å²) in [6.45, 7) is 1.48. The number of Topliss-reactive ketones (excluding diaryl/α,β-unsaturated/α-hetero) is 1. The van der Waals surface area contributed by atoms with Crippen LogP contribution in [0.1, 0.15) is 28.9 Å². The first-order valence-corrected chi connectivity index (χ1v) is 9.45. The van der Waals surface area contributed by atoms with Gasteiger partial charge in [-0.05, 0) is 24.6 Å². The summed E-state index contributed by atoms with van der Waals surface area (Å²) >= 11 is 0. The number of para-hydroxylation sites is 1. The van der Waals surface area contributed by atoms with E-state index in [0.29, 0.717) is 11.3 Å². The molecular weight excluding hydrogens is 360 g/mol. The van der Waals surface area contributed by atoms with Gasteiger partial charge in [-0.1, -0.05) is 78.9 Å². The molecule has 3 aromatic carbocycles. The summed E-state index contributed by atoms with van der Waals surface area (Å²) in [5, 5.41) is 3.65. The van der Waals surface area contributed by atoms with E-state index in [1.54, 1.807) is 6.07 Å². The summed E-state index contributed by atoms with van der Waals surface area (Å²) in [5.74, 6) is -0.420. The Morgan fingerprint density at radius 3 is 2.14 bits per heavy atom. The number of rotatable bonds is 5. The molecule has 0 bridgehead atoms. The van der Waals surface area contributed by atoms with E-state index in [1.807, 2.05) is 84.9 Å². The number of carbonyl (C=O) groups excluding carboxylic acids is 2. The van der Waals surface area contributed by atoms with E-state index in [-0.39, 0.29) is 11.7 Å². The molecule has 1 N–H and O–H groups in total. The van der Waals surface area contributed by atoms with Crippen molar-refractivity contribution in [2.45, 2.75) is 13.0 Å². The second-order valence-corrected chi connectivity index (χ2v) is 6.87. The van der Waals surface area contributed by atoms with Crippen molar-refractivity contribution in [3.63, 3.8) is 0 Å². The first-order valence-electron chi connectivity index (χ1n) is 9.45. The van der Waals surface area contributed by atoms with E-state index >= 15 is 0 Å². The first-order chi connectivity index (χ1) is 14.1. The molecule has 4 rings (SSSR count). The predicted octanol–water partition coefficient (Wildman–Crippen LogP) is 4.96. The monoisotopic (exact) mass is 380 g/mol. The van der Waals surface area contributed by atoms with Crippen LogP contribution >= 0.6 is 0 Å². The first kappa shape index (κ1) is 18.6. The molecule has 0 fully saturated rings. The largest absolute Gasteiger partial charge is 0.338 e. The molecule has 0 saturated carbocycles. The molecule has 0 saturated heterocycles. The fraction of sp³-hybridized carbons (Fsp3) is 0.0800. The zero-order chi connectivity index (χ0) is 20.2. The highest BCUT2D eigenvalue weighted by Gasteiger charge is 2.22. The van der Waals surface area contributed by atoms with Crippen LogP contribution in [0.15, 0.2) is 91.0 Å². The van der Waals surface area contributed by atoms with Gasteiger partial charge < -0.3 is 5.32 Å². The van der Waals surface area contributed by atoms with Crippen LogP contribution in [-0.2, 0) is 4.79 Å². The third kappa shape index (κ3) is 3.92. The zero-order valence-corrected chi connectivity index (χ0v) is 16.0. The SMILES string of the molecule is CC(=O)[C@@H](NC(=O)c1cc(-c2ccccc2)nc2ccccc12)c1ccccc1. The van der Waals surface area contributed by atoms with Crippen molar-refractivity contribution < 1.29 is 9.59 Å². The molecule has 0 aliphatic rings. The van der Waals surface area contributed by atoms with Crippen molar-refractivity contribution in [3.8, 4) is 11.3 Å². The minimum Gasteiger partial charge on any atom is -0.338 e. The summed E-state index contributed by atoms with van der Waals surface area (Å²) in [7, 11) is 0. The second kappa shape index (κ2) is 8.07. The van der Waals surface area contributed by atoms with Crippen LogP contribution in [0.5, 0.6) is 0 Å². The molecular formula is C25H20N2O2. The van der Waals surface area contributed by atoms with Crippen molar-refractivity contribution in [1.82, 2.24) is 10.3 Å². The summed E-state index contributed by atoms with van der Waals surface area (Å²) in [4.78, 5) is 30.2. The molecule has 29 heavy (non-hydrogen) atoms. The number of nitrogens with zero attached hydrogens (tertiary/aromatic N) is 1. The van der Waals surface area contributed by atoms with E-state index in [0.717, 1.165) is 22.0 Å². The highest BCUT2D eigenvalue weighted by molar-refractivity contribution is 6.08. The molecule has 1 aromatic heterocycles. The van der Waals surface area contributed by atoms with Crippen LogP contribution < -0.4 is 5.32 Å². The smallest absolute Gasteiger partial charge is 0.252 e. The summed E-state index contributed by atoms with van der Waals surface area (Å²) in [5.41, 5.74) is 3.64. The Kier molecular flexibility index (Phi) is 5.16. The minimum absolute atomic E-state index is 0.119. The third-order valence-electron chi connectivity index (χ3n) is 4.85. The number of ketones is 1. The topological polar surface area (TPSA) is 59.1 Å². The fourth-order valence-corrected chi connectivity index (χ4v) is 3.39. The normalized spacial score (nSPS) is 11.8. The lowest BCUT2D eigenvalue weighted by Gasteiger charge is -2.17. The number of nitrogens with one attached hydrogen (secondary N) is 1. The third-order valence-corrected chi connectivity index (χ3v) is 4.85. The molecule has 4 aromatic rings. The summed E-state index contributed by atoms with van der Waals surface area (Å²) < 4.78 is 0. The Balaban J connectivity index is 1.78. The Morgan fingerprint density at radius 2 is 1.45 bits per heavy atom. The van der Waals surface area contributed by atoms with Gasteiger partial charge in [0.05, 0.1) is 16.8 Å². The van der Waals surface area contributed by atoms with E-state index in [2.05, 4.69) is 5.32 Å². The van der Waals surface area contributed by atoms with Crippen LogP contribution in [0.2, 0.25) is 0 Å². The number of amides is 1. The van der Waals surface area contributed by atoms with Crippen molar-refractivity contribution >= 4 is 22.6 Å². The Labute approximate surface area is 169 Å². The molecule has 1 atom stereocenters. The van der Waals surface area contributed by atoms with Gasteiger partial charge in [0, 0.05) is 10.9 Å². The lowest BCUT2D eigenvalue weighted by atomic mass is 10.0. The fourth-order valence-electron chi connectivity index (χ4n) is 3.39. The maximum absolute atomic E-state index is 13.2. The maximum Gasteiger partial charge on any atom is 0.252 e. The molecule has 4 nitrogen and oxygen atoms in total. The van der Waals surface area contributed by atoms with E-state index < -0.39 is 6.04 Å². The molecule has 0 radical (unpaired) electrons. The van der Waals surface area contributed by atoms with Crippen LogP contribution in [0.25, 0.3) is 22.2 Å². The highest BCUT2D eigenvalue weighted by atomic mass is 16.2. The van der Waals surface area contributed by atoms with E-state index in [1.165, 1.54) is 6.92 Å². The van der Waals surface area contributed by atoms with Gasteiger partial charge in [0.25, 0.3) is 5.91 Å². The molecule has 142 valence electrons. The molecule has 0 spiro atoms. The van der Waals surface area contributed by atoms with Crippen LogP contribution in [0.3, 0.4) is 0 Å². The van der Waals surface area contributed by atoms with Crippen molar-refractivity contribution in [1.29, 1.82) is 0 Å². The molecule has 0 aliphatic heterocycles. The lowest BCUT2D eigenvalue weighted by Crippen LogP contribution is -2.33. The second-order valence-electron chi connectivity index (χ2n) is 6.87. The maximum atomic E-state index is 13.2. The number of carbonyl (C=O) groups is 2. The average molecular weight is 380 g/mol. The highest BCUT2D eigenvalue weighted by Crippen LogP contribution is 2.25. The van der Waals surface area contributed by atoms with Gasteiger partial charge in [-0.3, -0.25) is 9.59 Å². The lowest BCUT2D eigenvalue weighted by molar-refractivity contribution is -0.118. The van der Waals surface area contributed by atoms with Gasteiger partial charge >= 0.3 is 0 Å². The Bertz CT molecular complexity index is 1170. The Morgan fingerprint density at radius 1 is 0.828 bits per heavy atom. The number of benzene rings is 3. The molecule has 1 heterocycles. The van der Waals surface area contributed by atoms with Gasteiger partial charge in [-0.25, -0.2) is 4.98 Å². The van der Waals surface area contributed by atoms with Crippen molar-refractivity contribution in [2.75, 3.05) is 0 Å². The minimum atomic E-state index is -0.698. The average Bonchev–Trinajstić information content (AvgIpc) is 2.77. The van der Waals surface area contributed by atoms with E-state index in [9.17, 15) is 9.59 Å². The standard InChI is InChI=1S/C25H20N2O2/c1-17(28)24(19-12-6-3-7-13-19)27-25(29)21-16-23(18-10-4-2-5-11-18)26-22-15-9-8-14-20(21)22/h2-16,24H,1H3,(H,27,29)/t24-/m1/s1. The van der Waals surface area contributed by atoms with Gasteiger partial charge in [0.15, 0.2) is 5.78 Å². The van der Waals surface area contributed by atoms with Gasteiger partial charge in [0.1, 0.15) is 6.04 Å². The van der Waals surface area contributed by atoms with Gasteiger partial charge in [-0.15, -0.1) is 0 Å². The van der Waals surface area contributed by atoms with E-state index in [4.69, 9.17) is 4.98 Å². The number of hydrogen-bond donors (Lipinski definition) is 1. The number of pyridine rings is 1. The van der Waals surface area contributed by atoms with Crippen LogP contribution in [-0.4, -0.2) is 16.7 Å². The van der Waals surface area contributed by atoms with Crippen LogP contribution in [0, 0.1) is 0 Å². The number of aromatic nitrogens is 1. The molecule has 4 heteroatoms. The molecule has 0 unspecified atom stereocenters. The predicted molar refractivity (Wildman–Crippen MR) is 115 cm³/mol. The summed E-state index contributed by atoms with van der Waals surface area (Å²) in [6, 6.07) is 27.6. The van der Waals surface area contributed by atoms with Crippen molar-refractivity contribution in [2.24, 2.45) is 0 Å². The molecule has 0 aliphatic carbocycles. The van der Waals surface area contributed by atoms with Gasteiger partial charge in [-0.2, -0.15) is 0 Å². The van der Waals surface area contributed by atoms with Crippen LogP contribution in [0.4, 0.5) is 0 Å². The number of fused-ring (bicyclic) bond motifs is 1.